The van der Waals surface area contributed by atoms with Crippen LogP contribution in [0, 0.1) is 0 Å². The van der Waals surface area contributed by atoms with Crippen molar-refractivity contribution in [2.75, 3.05) is 6.54 Å². The van der Waals surface area contributed by atoms with E-state index < -0.39 is 0 Å². The third kappa shape index (κ3) is 2.20. The van der Waals surface area contributed by atoms with Crippen molar-refractivity contribution in [3.63, 3.8) is 0 Å². The first kappa shape index (κ1) is 10.0. The number of aromatic hydroxyl groups is 1. The first-order valence-electron chi connectivity index (χ1n) is 4.46. The number of hydrogen-bond donors (Lipinski definition) is 3. The molecule has 3 heteroatoms. The lowest BCUT2D eigenvalue weighted by Gasteiger charge is -2.12. The minimum Gasteiger partial charge on any atom is -0.508 e. The largest absolute Gasteiger partial charge is 0.508 e. The second kappa shape index (κ2) is 4.25. The highest BCUT2D eigenvalue weighted by atomic mass is 16.3. The average Bonchev–Trinajstić information content (AvgIpc) is 2.17. The highest BCUT2D eigenvalue weighted by Crippen LogP contribution is 2.23. The summed E-state index contributed by atoms with van der Waals surface area (Å²) >= 11 is 0. The van der Waals surface area contributed by atoms with Crippen LogP contribution >= 0.6 is 0 Å². The monoisotopic (exact) mass is 180 g/mol. The Balaban J connectivity index is 3.03. The molecule has 0 aliphatic heterocycles. The SMILES string of the molecule is CCc1ccc(O)c([C@@H](N)CN)c1. The quantitative estimate of drug-likeness (QED) is 0.647. The Morgan fingerprint density at radius 3 is 2.69 bits per heavy atom. The maximum absolute atomic E-state index is 9.50. The molecule has 0 aliphatic carbocycles. The van der Waals surface area contributed by atoms with Crippen LogP contribution in [0.25, 0.3) is 0 Å². The summed E-state index contributed by atoms with van der Waals surface area (Å²) in [6.45, 7) is 2.41. The van der Waals surface area contributed by atoms with E-state index in [9.17, 15) is 5.11 Å². The van der Waals surface area contributed by atoms with Crippen molar-refractivity contribution >= 4 is 0 Å². The van der Waals surface area contributed by atoms with Crippen molar-refractivity contribution in [1.29, 1.82) is 0 Å². The molecule has 1 aromatic rings. The number of phenolic OH excluding ortho intramolecular Hbond substituents is 1. The van der Waals surface area contributed by atoms with Crippen molar-refractivity contribution in [1.82, 2.24) is 0 Å². The molecule has 1 rings (SSSR count). The van der Waals surface area contributed by atoms with Gasteiger partial charge in [-0.25, -0.2) is 0 Å². The molecule has 13 heavy (non-hydrogen) atoms. The predicted octanol–water partition coefficient (Wildman–Crippen LogP) is 0.913. The molecule has 0 aromatic heterocycles. The molecule has 72 valence electrons. The number of phenols is 1. The van der Waals surface area contributed by atoms with E-state index in [4.69, 9.17) is 11.5 Å². The zero-order chi connectivity index (χ0) is 9.84. The van der Waals surface area contributed by atoms with Crippen LogP contribution in [0.5, 0.6) is 5.75 Å². The molecule has 0 spiro atoms. The van der Waals surface area contributed by atoms with Crippen LogP contribution in [-0.2, 0) is 6.42 Å². The van der Waals surface area contributed by atoms with Gasteiger partial charge in [-0.2, -0.15) is 0 Å². The molecule has 0 radical (unpaired) electrons. The highest BCUT2D eigenvalue weighted by molar-refractivity contribution is 5.38. The molecule has 0 fully saturated rings. The summed E-state index contributed by atoms with van der Waals surface area (Å²) in [5, 5.41) is 9.50. The van der Waals surface area contributed by atoms with Crippen molar-refractivity contribution in [3.05, 3.63) is 29.3 Å². The summed E-state index contributed by atoms with van der Waals surface area (Å²) in [7, 11) is 0. The fourth-order valence-electron chi connectivity index (χ4n) is 1.25. The van der Waals surface area contributed by atoms with E-state index in [1.165, 1.54) is 0 Å². The van der Waals surface area contributed by atoms with Gasteiger partial charge in [0.1, 0.15) is 5.75 Å². The van der Waals surface area contributed by atoms with E-state index in [0.717, 1.165) is 17.5 Å². The smallest absolute Gasteiger partial charge is 0.120 e. The van der Waals surface area contributed by atoms with Crippen molar-refractivity contribution in [3.8, 4) is 5.75 Å². The Morgan fingerprint density at radius 2 is 2.15 bits per heavy atom. The summed E-state index contributed by atoms with van der Waals surface area (Å²) < 4.78 is 0. The zero-order valence-electron chi connectivity index (χ0n) is 7.83. The molecular formula is C10H16N2O. The van der Waals surface area contributed by atoms with Gasteiger partial charge in [-0.3, -0.25) is 0 Å². The van der Waals surface area contributed by atoms with Crippen LogP contribution in [-0.4, -0.2) is 11.7 Å². The van der Waals surface area contributed by atoms with Crippen molar-refractivity contribution in [2.24, 2.45) is 11.5 Å². The predicted molar refractivity (Wildman–Crippen MR) is 53.5 cm³/mol. The van der Waals surface area contributed by atoms with Gasteiger partial charge in [0.05, 0.1) is 0 Å². The van der Waals surface area contributed by atoms with Gasteiger partial charge in [0.25, 0.3) is 0 Å². The summed E-state index contributed by atoms with van der Waals surface area (Å²) in [6.07, 6.45) is 0.935. The fraction of sp³-hybridized carbons (Fsp3) is 0.400. The van der Waals surface area contributed by atoms with E-state index in [0.29, 0.717) is 6.54 Å². The van der Waals surface area contributed by atoms with Crippen molar-refractivity contribution in [2.45, 2.75) is 19.4 Å². The van der Waals surface area contributed by atoms with Gasteiger partial charge in [-0.05, 0) is 18.1 Å². The van der Waals surface area contributed by atoms with Crippen molar-refractivity contribution < 1.29 is 5.11 Å². The maximum atomic E-state index is 9.50. The summed E-state index contributed by atoms with van der Waals surface area (Å²) in [6, 6.07) is 5.20. The molecule has 5 N–H and O–H groups in total. The second-order valence-electron chi connectivity index (χ2n) is 3.09. The normalized spacial score (nSPS) is 12.8. The van der Waals surface area contributed by atoms with Crippen LogP contribution < -0.4 is 11.5 Å². The van der Waals surface area contributed by atoms with Crippen LogP contribution in [0.4, 0.5) is 0 Å². The number of aryl methyl sites for hydroxylation is 1. The lowest BCUT2D eigenvalue weighted by Crippen LogP contribution is -2.20. The van der Waals surface area contributed by atoms with Crippen LogP contribution in [0.1, 0.15) is 24.1 Å². The molecule has 0 unspecified atom stereocenters. The topological polar surface area (TPSA) is 72.3 Å². The minimum atomic E-state index is -0.272. The van der Waals surface area contributed by atoms with Gasteiger partial charge in [0, 0.05) is 18.2 Å². The summed E-state index contributed by atoms with van der Waals surface area (Å²) in [5.41, 5.74) is 13.1. The standard InChI is InChI=1S/C10H16N2O/c1-2-7-3-4-10(13)8(5-7)9(12)6-11/h3-5,9,13H,2,6,11-12H2,1H3/t9-/m0/s1. The Morgan fingerprint density at radius 1 is 1.46 bits per heavy atom. The molecule has 0 heterocycles. The van der Waals surface area contributed by atoms with E-state index in [-0.39, 0.29) is 11.8 Å². The zero-order valence-corrected chi connectivity index (χ0v) is 7.83. The van der Waals surface area contributed by atoms with Crippen LogP contribution in [0.2, 0.25) is 0 Å². The fourth-order valence-corrected chi connectivity index (χ4v) is 1.25. The Hall–Kier alpha value is -1.06. The number of nitrogens with two attached hydrogens (primary N) is 2. The second-order valence-corrected chi connectivity index (χ2v) is 3.09. The lowest BCUT2D eigenvalue weighted by atomic mass is 10.0. The van der Waals surface area contributed by atoms with Gasteiger partial charge in [-0.15, -0.1) is 0 Å². The lowest BCUT2D eigenvalue weighted by molar-refractivity contribution is 0.461. The number of rotatable bonds is 3. The molecule has 0 saturated carbocycles. The van der Waals surface area contributed by atoms with Gasteiger partial charge >= 0.3 is 0 Å². The van der Waals surface area contributed by atoms with E-state index >= 15 is 0 Å². The van der Waals surface area contributed by atoms with E-state index in [1.807, 2.05) is 12.1 Å². The number of hydrogen-bond acceptors (Lipinski definition) is 3. The summed E-state index contributed by atoms with van der Waals surface area (Å²) in [5.74, 6) is 0.232. The molecule has 0 amide bonds. The third-order valence-electron chi connectivity index (χ3n) is 2.15. The Labute approximate surface area is 78.4 Å². The molecule has 0 saturated heterocycles. The van der Waals surface area contributed by atoms with Crippen LogP contribution in [0.15, 0.2) is 18.2 Å². The van der Waals surface area contributed by atoms with E-state index in [1.54, 1.807) is 6.07 Å². The Bertz CT molecular complexity index is 286. The molecule has 0 aliphatic rings. The van der Waals surface area contributed by atoms with Gasteiger partial charge in [-0.1, -0.05) is 19.1 Å². The van der Waals surface area contributed by atoms with Gasteiger partial charge < -0.3 is 16.6 Å². The Kier molecular flexibility index (Phi) is 3.28. The third-order valence-corrected chi connectivity index (χ3v) is 2.15. The maximum Gasteiger partial charge on any atom is 0.120 e. The molecule has 1 atom stereocenters. The average molecular weight is 180 g/mol. The van der Waals surface area contributed by atoms with Crippen LogP contribution in [0.3, 0.4) is 0 Å². The molecule has 0 bridgehead atoms. The molecular weight excluding hydrogens is 164 g/mol. The van der Waals surface area contributed by atoms with Gasteiger partial charge in [0.2, 0.25) is 0 Å². The molecule has 3 nitrogen and oxygen atoms in total. The highest BCUT2D eigenvalue weighted by Gasteiger charge is 2.09. The van der Waals surface area contributed by atoms with E-state index in [2.05, 4.69) is 6.92 Å². The number of benzene rings is 1. The summed E-state index contributed by atoms with van der Waals surface area (Å²) in [4.78, 5) is 0. The first-order valence-corrected chi connectivity index (χ1v) is 4.46. The van der Waals surface area contributed by atoms with Gasteiger partial charge in [0.15, 0.2) is 0 Å². The first-order chi connectivity index (χ1) is 6.19. The minimum absolute atomic E-state index is 0.232. The molecule has 1 aromatic carbocycles.